The van der Waals surface area contributed by atoms with Gasteiger partial charge in [-0.3, -0.25) is 4.90 Å². The lowest BCUT2D eigenvalue weighted by Crippen LogP contribution is -2.62. The van der Waals surface area contributed by atoms with Crippen molar-refractivity contribution in [3.63, 3.8) is 0 Å². The van der Waals surface area contributed by atoms with Gasteiger partial charge in [-0.2, -0.15) is 0 Å². The molecule has 2 heterocycles. The summed E-state index contributed by atoms with van der Waals surface area (Å²) in [6.45, 7) is 7.22. The molecule has 5 fully saturated rings. The maximum absolute atomic E-state index is 12.4. The summed E-state index contributed by atoms with van der Waals surface area (Å²) < 4.78 is 5.24. The maximum Gasteiger partial charge on any atom is 0.335 e. The fraction of sp³-hybridized carbons (Fsp3) is 0.828. The van der Waals surface area contributed by atoms with Gasteiger partial charge in [-0.15, -0.1) is 0 Å². The third-order valence-electron chi connectivity index (χ3n) is 12.0. The van der Waals surface area contributed by atoms with Crippen molar-refractivity contribution in [1.29, 1.82) is 0 Å². The van der Waals surface area contributed by atoms with Crippen LogP contribution in [0.3, 0.4) is 0 Å². The number of aliphatic hydroxyl groups is 1. The van der Waals surface area contributed by atoms with Gasteiger partial charge in [0.1, 0.15) is 0 Å². The second-order valence-corrected chi connectivity index (χ2v) is 13.2. The predicted molar refractivity (Wildman–Crippen MR) is 133 cm³/mol. The van der Waals surface area contributed by atoms with Crippen LogP contribution < -0.4 is 11.4 Å². The summed E-state index contributed by atoms with van der Waals surface area (Å²) in [6, 6.07) is 4.55. The average molecular weight is 469 g/mol. The molecule has 0 bridgehead atoms. The van der Waals surface area contributed by atoms with Crippen molar-refractivity contribution in [3.8, 4) is 0 Å². The van der Waals surface area contributed by atoms with Crippen LogP contribution >= 0.6 is 0 Å². The van der Waals surface area contributed by atoms with Crippen molar-refractivity contribution in [2.45, 2.75) is 108 Å². The molecule has 5 nitrogen and oxygen atoms in total. The van der Waals surface area contributed by atoms with Crippen LogP contribution in [0.25, 0.3) is 0 Å². The van der Waals surface area contributed by atoms with E-state index in [9.17, 15) is 9.90 Å². The molecule has 4 saturated carbocycles. The lowest BCUT2D eigenvalue weighted by atomic mass is 9.43. The molecule has 1 aromatic heterocycles. The molecule has 9 atom stereocenters. The van der Waals surface area contributed by atoms with E-state index in [0.29, 0.717) is 29.3 Å². The number of piperidine rings is 1. The topological polar surface area (TPSA) is 79.7 Å². The largest absolute Gasteiger partial charge is 0.431 e. The Morgan fingerprint density at radius 3 is 2.65 bits per heavy atom. The number of nitrogens with zero attached hydrogens (tertiary/aromatic N) is 1. The number of fused-ring (bicyclic) bond motifs is 5. The molecular formula is C29H44N2O3. The highest BCUT2D eigenvalue weighted by molar-refractivity contribution is 5.27. The molecule has 6 rings (SSSR count). The van der Waals surface area contributed by atoms with Crippen LogP contribution in [0.4, 0.5) is 0 Å². The predicted octanol–water partition coefficient (Wildman–Crippen LogP) is 4.67. The Hall–Kier alpha value is -1.17. The summed E-state index contributed by atoms with van der Waals surface area (Å²) in [5.41, 5.74) is 6.73. The normalized spacial score (nSPS) is 49.2. The van der Waals surface area contributed by atoms with Gasteiger partial charge in [0.15, 0.2) is 0 Å². The Bertz CT molecular complexity index is 958. The van der Waals surface area contributed by atoms with Gasteiger partial charge < -0.3 is 15.3 Å². The summed E-state index contributed by atoms with van der Waals surface area (Å²) in [4.78, 5) is 14.2. The second kappa shape index (κ2) is 8.18. The Kier molecular flexibility index (Phi) is 5.59. The SMILES string of the molecule is C[C@]12CC[C@H](N3CCCC(N)C3)C[C@H]1CC[C@@H]1[C@@H]2CC[C@]2(C)[C@@H](c3ccc(=O)oc3)CC[C@]12O. The smallest absolute Gasteiger partial charge is 0.335 e. The number of hydrogen-bond donors (Lipinski definition) is 2. The fourth-order valence-electron chi connectivity index (χ4n) is 10.0. The molecule has 1 unspecified atom stereocenters. The van der Waals surface area contributed by atoms with Crippen molar-refractivity contribution < 1.29 is 9.52 Å². The van der Waals surface area contributed by atoms with Crippen molar-refractivity contribution in [2.75, 3.05) is 13.1 Å². The van der Waals surface area contributed by atoms with Crippen molar-refractivity contribution in [1.82, 2.24) is 4.90 Å². The summed E-state index contributed by atoms with van der Waals surface area (Å²) in [5.74, 6) is 2.07. The van der Waals surface area contributed by atoms with Gasteiger partial charge in [0, 0.05) is 30.1 Å². The minimum Gasteiger partial charge on any atom is -0.431 e. The monoisotopic (exact) mass is 468 g/mol. The molecule has 1 aliphatic heterocycles. The van der Waals surface area contributed by atoms with Gasteiger partial charge in [0.2, 0.25) is 0 Å². The summed E-state index contributed by atoms with van der Waals surface area (Å²) in [6.07, 6.45) is 14.6. The minimum absolute atomic E-state index is 0.140. The Morgan fingerprint density at radius 1 is 1.03 bits per heavy atom. The number of nitrogens with two attached hydrogens (primary N) is 1. The zero-order chi connectivity index (χ0) is 23.7. The molecule has 0 radical (unpaired) electrons. The quantitative estimate of drug-likeness (QED) is 0.659. The lowest BCUT2D eigenvalue weighted by Gasteiger charge is -2.64. The first-order chi connectivity index (χ1) is 16.2. The van der Waals surface area contributed by atoms with E-state index in [2.05, 4.69) is 18.7 Å². The fourth-order valence-corrected chi connectivity index (χ4v) is 10.0. The number of rotatable bonds is 2. The van der Waals surface area contributed by atoms with E-state index in [1.807, 2.05) is 6.07 Å². The van der Waals surface area contributed by atoms with Gasteiger partial charge in [-0.25, -0.2) is 4.79 Å². The molecular weight excluding hydrogens is 424 g/mol. The van der Waals surface area contributed by atoms with Gasteiger partial charge in [0.25, 0.3) is 0 Å². The molecule has 5 heteroatoms. The average Bonchev–Trinajstić information content (AvgIpc) is 3.10. The molecule has 0 aromatic carbocycles. The van der Waals surface area contributed by atoms with Gasteiger partial charge >= 0.3 is 5.63 Å². The first kappa shape index (κ1) is 23.2. The molecule has 4 aliphatic carbocycles. The van der Waals surface area contributed by atoms with E-state index in [1.54, 1.807) is 12.3 Å². The zero-order valence-corrected chi connectivity index (χ0v) is 21.2. The van der Waals surface area contributed by atoms with Crippen LogP contribution in [-0.4, -0.2) is 40.8 Å². The summed E-state index contributed by atoms with van der Waals surface area (Å²) in [7, 11) is 0. The van der Waals surface area contributed by atoms with Gasteiger partial charge in [0.05, 0.1) is 11.9 Å². The van der Waals surface area contributed by atoms with E-state index in [-0.39, 0.29) is 17.0 Å². The Morgan fingerprint density at radius 2 is 1.88 bits per heavy atom. The molecule has 0 spiro atoms. The van der Waals surface area contributed by atoms with Gasteiger partial charge in [-0.05, 0) is 118 Å². The number of likely N-dealkylation sites (tertiary alicyclic amines) is 1. The first-order valence-corrected chi connectivity index (χ1v) is 14.1. The highest BCUT2D eigenvalue weighted by Crippen LogP contribution is 2.70. The van der Waals surface area contributed by atoms with Gasteiger partial charge in [-0.1, -0.05) is 13.8 Å². The molecule has 5 aliphatic rings. The third-order valence-corrected chi connectivity index (χ3v) is 12.0. The second-order valence-electron chi connectivity index (χ2n) is 13.2. The molecule has 0 amide bonds. The van der Waals surface area contributed by atoms with Crippen molar-refractivity contribution in [3.05, 3.63) is 34.4 Å². The van der Waals surface area contributed by atoms with Crippen LogP contribution in [0.5, 0.6) is 0 Å². The van der Waals surface area contributed by atoms with Crippen LogP contribution in [0.2, 0.25) is 0 Å². The minimum atomic E-state index is -0.610. The van der Waals surface area contributed by atoms with E-state index in [4.69, 9.17) is 10.2 Å². The first-order valence-electron chi connectivity index (χ1n) is 14.1. The van der Waals surface area contributed by atoms with E-state index in [0.717, 1.165) is 37.3 Å². The standard InChI is InChI=1S/C29H44N2O3/c1-27-12-9-22(31-15-3-4-21(30)17-31)16-20(27)6-7-25-24(27)10-13-28(2)23(11-14-29(25,28)33)19-5-8-26(32)34-18-19/h5,8,18,20-25,33H,3-4,6-7,9-17,30H2,1-2H3/t20-,21?,22+,23-,24+,25-,27+,28-,29+/m1/s1. The molecule has 34 heavy (non-hydrogen) atoms. The Balaban J connectivity index is 1.23. The van der Waals surface area contributed by atoms with Crippen molar-refractivity contribution >= 4 is 0 Å². The third kappa shape index (κ3) is 3.33. The van der Waals surface area contributed by atoms with Crippen LogP contribution in [0.1, 0.15) is 96.0 Å². The highest BCUT2D eigenvalue weighted by atomic mass is 16.4. The molecule has 1 aromatic rings. The van der Waals surface area contributed by atoms with E-state index >= 15 is 0 Å². The molecule has 3 N–H and O–H groups in total. The summed E-state index contributed by atoms with van der Waals surface area (Å²) in [5, 5.41) is 12.4. The molecule has 188 valence electrons. The maximum atomic E-state index is 12.4. The lowest BCUT2D eigenvalue weighted by molar-refractivity contribution is -0.204. The highest BCUT2D eigenvalue weighted by Gasteiger charge is 2.67. The van der Waals surface area contributed by atoms with Crippen LogP contribution in [0, 0.1) is 28.6 Å². The Labute approximate surface area is 204 Å². The number of hydrogen-bond acceptors (Lipinski definition) is 5. The van der Waals surface area contributed by atoms with E-state index in [1.165, 1.54) is 57.9 Å². The van der Waals surface area contributed by atoms with Crippen LogP contribution in [-0.2, 0) is 0 Å². The zero-order valence-electron chi connectivity index (χ0n) is 21.2. The van der Waals surface area contributed by atoms with Crippen LogP contribution in [0.15, 0.2) is 27.6 Å². The van der Waals surface area contributed by atoms with Crippen molar-refractivity contribution in [2.24, 2.45) is 34.3 Å². The molecule has 1 saturated heterocycles. The summed E-state index contributed by atoms with van der Waals surface area (Å²) >= 11 is 0. The van der Waals surface area contributed by atoms with E-state index < -0.39 is 5.60 Å².